The molecule has 1 aromatic rings. The van der Waals surface area contributed by atoms with Crippen molar-refractivity contribution in [1.82, 2.24) is 4.90 Å². The number of rotatable bonds is 3. The summed E-state index contributed by atoms with van der Waals surface area (Å²) in [6.07, 6.45) is 0.175. The zero-order chi connectivity index (χ0) is 12.3. The van der Waals surface area contributed by atoms with Gasteiger partial charge in [-0.15, -0.1) is 0 Å². The van der Waals surface area contributed by atoms with Crippen LogP contribution < -0.4 is 0 Å². The van der Waals surface area contributed by atoms with Gasteiger partial charge in [0.25, 0.3) is 0 Å². The lowest BCUT2D eigenvalue weighted by Gasteiger charge is -2.32. The molecule has 5 heteroatoms. The van der Waals surface area contributed by atoms with Crippen molar-refractivity contribution in [2.75, 3.05) is 25.0 Å². The van der Waals surface area contributed by atoms with Crippen molar-refractivity contribution >= 4 is 27.5 Å². The largest absolute Gasteiger partial charge is 0.375 e. The Morgan fingerprint density at radius 2 is 2.35 bits per heavy atom. The average molecular weight is 323 g/mol. The van der Waals surface area contributed by atoms with Crippen LogP contribution in [0.1, 0.15) is 5.56 Å². The predicted molar refractivity (Wildman–Crippen MR) is 70.2 cm³/mol. The van der Waals surface area contributed by atoms with Crippen LogP contribution in [0.15, 0.2) is 18.2 Å². The van der Waals surface area contributed by atoms with Gasteiger partial charge in [-0.1, -0.05) is 33.6 Å². The molecule has 1 fully saturated rings. The van der Waals surface area contributed by atoms with E-state index in [4.69, 9.17) is 16.3 Å². The van der Waals surface area contributed by atoms with E-state index >= 15 is 0 Å². The molecule has 0 aromatic heterocycles. The summed E-state index contributed by atoms with van der Waals surface area (Å²) in [5, 5.41) is 1.29. The average Bonchev–Trinajstić information content (AvgIpc) is 2.34. The quantitative estimate of drug-likeness (QED) is 0.793. The third-order valence-electron chi connectivity index (χ3n) is 2.84. The molecule has 1 unspecified atom stereocenters. The van der Waals surface area contributed by atoms with Crippen molar-refractivity contribution in [2.45, 2.75) is 12.6 Å². The van der Waals surface area contributed by atoms with Crippen molar-refractivity contribution in [3.05, 3.63) is 34.6 Å². The van der Waals surface area contributed by atoms with E-state index in [1.165, 1.54) is 6.07 Å². The van der Waals surface area contributed by atoms with Crippen LogP contribution in [0, 0.1) is 5.82 Å². The molecule has 0 spiro atoms. The van der Waals surface area contributed by atoms with Crippen LogP contribution in [0.5, 0.6) is 0 Å². The summed E-state index contributed by atoms with van der Waals surface area (Å²) in [5.41, 5.74) is 0.574. The van der Waals surface area contributed by atoms with Gasteiger partial charge in [0.1, 0.15) is 5.82 Å². The fourth-order valence-electron chi connectivity index (χ4n) is 1.92. The van der Waals surface area contributed by atoms with Gasteiger partial charge >= 0.3 is 0 Å². The van der Waals surface area contributed by atoms with Gasteiger partial charge in [-0.2, -0.15) is 0 Å². The van der Waals surface area contributed by atoms with Gasteiger partial charge in [-0.3, -0.25) is 4.90 Å². The number of benzene rings is 1. The van der Waals surface area contributed by atoms with Gasteiger partial charge in [-0.05, 0) is 12.1 Å². The Kier molecular flexibility index (Phi) is 4.79. The fraction of sp³-hybridized carbons (Fsp3) is 0.500. The first-order valence-corrected chi connectivity index (χ1v) is 7.03. The van der Waals surface area contributed by atoms with E-state index in [0.717, 1.165) is 18.4 Å². The Morgan fingerprint density at radius 3 is 3.06 bits per heavy atom. The van der Waals surface area contributed by atoms with Crippen LogP contribution in [0.2, 0.25) is 5.02 Å². The van der Waals surface area contributed by atoms with E-state index in [9.17, 15) is 4.39 Å². The highest BCUT2D eigenvalue weighted by molar-refractivity contribution is 9.09. The number of hydrogen-bond donors (Lipinski definition) is 0. The third-order valence-corrected chi connectivity index (χ3v) is 3.91. The van der Waals surface area contributed by atoms with Crippen molar-refractivity contribution in [3.8, 4) is 0 Å². The number of hydrogen-bond acceptors (Lipinski definition) is 2. The fourth-order valence-corrected chi connectivity index (χ4v) is 2.54. The maximum Gasteiger partial charge on any atom is 0.129 e. The van der Waals surface area contributed by atoms with E-state index in [-0.39, 0.29) is 11.9 Å². The second-order valence-corrected chi connectivity index (χ2v) is 5.14. The van der Waals surface area contributed by atoms with Crippen molar-refractivity contribution in [3.63, 3.8) is 0 Å². The van der Waals surface area contributed by atoms with E-state index in [2.05, 4.69) is 20.8 Å². The molecule has 2 nitrogen and oxygen atoms in total. The van der Waals surface area contributed by atoms with E-state index in [1.807, 2.05) is 0 Å². The summed E-state index contributed by atoms with van der Waals surface area (Å²) >= 11 is 9.41. The molecule has 1 heterocycles. The summed E-state index contributed by atoms with van der Waals surface area (Å²) in [6.45, 7) is 2.84. The monoisotopic (exact) mass is 321 g/mol. The molecule has 1 aromatic carbocycles. The zero-order valence-electron chi connectivity index (χ0n) is 9.33. The zero-order valence-corrected chi connectivity index (χ0v) is 11.7. The minimum atomic E-state index is -0.237. The molecule has 1 saturated heterocycles. The lowest BCUT2D eigenvalue weighted by Crippen LogP contribution is -2.42. The highest BCUT2D eigenvalue weighted by Gasteiger charge is 2.21. The Hall–Kier alpha value is -0.160. The summed E-state index contributed by atoms with van der Waals surface area (Å²) in [7, 11) is 0. The number of ether oxygens (including phenoxy) is 1. The van der Waals surface area contributed by atoms with Crippen molar-refractivity contribution < 1.29 is 9.13 Å². The first-order chi connectivity index (χ1) is 8.20. The standard InChI is InChI=1S/C12H14BrClFNO/c13-6-9-7-16(4-5-17-9)8-10-11(14)2-1-3-12(10)15/h1-3,9H,4-8H2. The second-order valence-electron chi connectivity index (χ2n) is 4.08. The molecule has 1 atom stereocenters. The summed E-state index contributed by atoms with van der Waals surface area (Å²) < 4.78 is 19.2. The van der Waals surface area contributed by atoms with E-state index in [0.29, 0.717) is 23.7 Å². The molecule has 1 aliphatic rings. The van der Waals surface area contributed by atoms with Gasteiger partial charge in [-0.25, -0.2) is 4.39 Å². The summed E-state index contributed by atoms with van der Waals surface area (Å²) in [5.74, 6) is -0.237. The first-order valence-electron chi connectivity index (χ1n) is 5.53. The van der Waals surface area contributed by atoms with Gasteiger partial charge in [0.2, 0.25) is 0 Å². The van der Waals surface area contributed by atoms with Crippen LogP contribution >= 0.6 is 27.5 Å². The topological polar surface area (TPSA) is 12.5 Å². The minimum Gasteiger partial charge on any atom is -0.375 e. The molecular weight excluding hydrogens is 308 g/mol. The SMILES string of the molecule is Fc1cccc(Cl)c1CN1CCOC(CBr)C1. The van der Waals surface area contributed by atoms with Crippen LogP contribution in [-0.4, -0.2) is 36.0 Å². The predicted octanol–water partition coefficient (Wildman–Crippen LogP) is 3.07. The molecule has 17 heavy (non-hydrogen) atoms. The van der Waals surface area contributed by atoms with Gasteiger partial charge < -0.3 is 4.74 Å². The van der Waals surface area contributed by atoms with Gasteiger partial charge in [0, 0.05) is 35.6 Å². The van der Waals surface area contributed by atoms with Gasteiger partial charge in [0.05, 0.1) is 12.7 Å². The highest BCUT2D eigenvalue weighted by atomic mass is 79.9. The molecule has 94 valence electrons. The molecule has 1 aliphatic heterocycles. The van der Waals surface area contributed by atoms with Crippen LogP contribution in [0.4, 0.5) is 4.39 Å². The number of nitrogens with zero attached hydrogens (tertiary/aromatic N) is 1. The normalized spacial score (nSPS) is 21.7. The Labute approximate surface area is 114 Å². The highest BCUT2D eigenvalue weighted by Crippen LogP contribution is 2.21. The molecule has 0 amide bonds. The molecule has 0 radical (unpaired) electrons. The lowest BCUT2D eigenvalue weighted by molar-refractivity contribution is -0.0184. The Morgan fingerprint density at radius 1 is 1.53 bits per heavy atom. The molecule has 2 rings (SSSR count). The van der Waals surface area contributed by atoms with Crippen molar-refractivity contribution in [1.29, 1.82) is 0 Å². The maximum atomic E-state index is 13.6. The number of alkyl halides is 1. The smallest absolute Gasteiger partial charge is 0.129 e. The molecule has 0 aliphatic carbocycles. The molecule has 0 saturated carbocycles. The van der Waals surface area contributed by atoms with E-state index in [1.54, 1.807) is 12.1 Å². The molecule has 0 bridgehead atoms. The Balaban J connectivity index is 2.05. The van der Waals surface area contributed by atoms with Crippen molar-refractivity contribution in [2.24, 2.45) is 0 Å². The lowest BCUT2D eigenvalue weighted by atomic mass is 10.2. The number of morpholine rings is 1. The van der Waals surface area contributed by atoms with Crippen LogP contribution in [-0.2, 0) is 11.3 Å². The minimum absolute atomic E-state index is 0.175. The van der Waals surface area contributed by atoms with E-state index < -0.39 is 0 Å². The number of halogens is 3. The molecular formula is C12H14BrClFNO. The second kappa shape index (κ2) is 6.14. The summed E-state index contributed by atoms with van der Waals surface area (Å²) in [4.78, 5) is 2.17. The Bertz CT molecular complexity index is 371. The van der Waals surface area contributed by atoms with Gasteiger partial charge in [0.15, 0.2) is 0 Å². The maximum absolute atomic E-state index is 13.6. The molecule has 0 N–H and O–H groups in total. The van der Waals surface area contributed by atoms with Crippen LogP contribution in [0.3, 0.4) is 0 Å². The third kappa shape index (κ3) is 3.41. The van der Waals surface area contributed by atoms with Crippen LogP contribution in [0.25, 0.3) is 0 Å². The summed E-state index contributed by atoms with van der Waals surface area (Å²) in [6, 6.07) is 4.80. The first kappa shape index (κ1) is 13.3.